The minimum absolute atomic E-state index is 0.750. The summed E-state index contributed by atoms with van der Waals surface area (Å²) in [4.78, 5) is 0. The first kappa shape index (κ1) is 14.6. The molecular formula is C8H23NO2Si. The number of nitrogens with two attached hydrogens (primary N) is 1. The third-order valence-corrected chi connectivity index (χ3v) is 2.95. The van der Waals surface area contributed by atoms with Gasteiger partial charge in [0.25, 0.3) is 0 Å². The molecule has 12 heavy (non-hydrogen) atoms. The Balaban J connectivity index is 0. The molecule has 0 amide bonds. The van der Waals surface area contributed by atoms with E-state index in [0.29, 0.717) is 0 Å². The first-order chi connectivity index (χ1) is 5.54. The van der Waals surface area contributed by atoms with Gasteiger partial charge in [0.15, 0.2) is 0 Å². The van der Waals surface area contributed by atoms with Crippen LogP contribution in [0.1, 0.15) is 20.8 Å². The molecule has 0 saturated carbocycles. The van der Waals surface area contributed by atoms with E-state index in [-0.39, 0.29) is 0 Å². The molecule has 0 fully saturated rings. The van der Waals surface area contributed by atoms with Crippen molar-refractivity contribution in [2.24, 2.45) is 5.73 Å². The third kappa shape index (κ3) is 12.7. The van der Waals surface area contributed by atoms with E-state index < -0.39 is 8.56 Å². The number of hydrogen-bond donors (Lipinski definition) is 1. The van der Waals surface area contributed by atoms with Crippen LogP contribution in [0.4, 0.5) is 0 Å². The lowest BCUT2D eigenvalue weighted by molar-refractivity contribution is 0.196. The van der Waals surface area contributed by atoms with Crippen LogP contribution in [0.5, 0.6) is 0 Å². The molecule has 2 N–H and O–H groups in total. The fourth-order valence-electron chi connectivity index (χ4n) is 0.737. The molecule has 0 rings (SSSR count). The van der Waals surface area contributed by atoms with Gasteiger partial charge in [-0.05, 0) is 33.5 Å². The predicted molar refractivity (Wildman–Crippen MR) is 55.5 cm³/mol. The van der Waals surface area contributed by atoms with Gasteiger partial charge in [-0.3, -0.25) is 0 Å². The highest BCUT2D eigenvalue weighted by Gasteiger charge is 2.22. The summed E-state index contributed by atoms with van der Waals surface area (Å²) in [6.07, 6.45) is 0. The van der Waals surface area contributed by atoms with Crippen LogP contribution in [0, 0.1) is 0 Å². The lowest BCUT2D eigenvalue weighted by Gasteiger charge is -2.20. The van der Waals surface area contributed by atoms with Crippen molar-refractivity contribution in [1.29, 1.82) is 0 Å². The molecule has 0 bridgehead atoms. The van der Waals surface area contributed by atoms with Gasteiger partial charge >= 0.3 is 8.56 Å². The van der Waals surface area contributed by atoms with Gasteiger partial charge in [0.2, 0.25) is 0 Å². The Morgan fingerprint density at radius 1 is 1.00 bits per heavy atom. The Labute approximate surface area is 77.5 Å². The molecule has 0 aliphatic rings. The second-order valence-corrected chi connectivity index (χ2v) is 6.05. The fourth-order valence-corrected chi connectivity index (χ4v) is 2.21. The van der Waals surface area contributed by atoms with Gasteiger partial charge in [-0.15, -0.1) is 0 Å². The van der Waals surface area contributed by atoms with Crippen molar-refractivity contribution in [2.45, 2.75) is 33.9 Å². The van der Waals surface area contributed by atoms with E-state index in [2.05, 4.69) is 13.1 Å². The van der Waals surface area contributed by atoms with Crippen LogP contribution in [-0.4, -0.2) is 28.3 Å². The van der Waals surface area contributed by atoms with Crippen molar-refractivity contribution >= 4 is 8.56 Å². The van der Waals surface area contributed by atoms with Crippen molar-refractivity contribution in [1.82, 2.24) is 0 Å². The monoisotopic (exact) mass is 193 g/mol. The minimum atomic E-state index is -1.70. The first-order valence-corrected chi connectivity index (χ1v) is 7.33. The van der Waals surface area contributed by atoms with E-state index >= 15 is 0 Å². The molecular weight excluding hydrogens is 170 g/mol. The Morgan fingerprint density at radius 2 is 1.25 bits per heavy atom. The van der Waals surface area contributed by atoms with Crippen LogP contribution in [-0.2, 0) is 8.85 Å². The predicted octanol–water partition coefficient (Wildman–Crippen LogP) is 1.73. The highest BCUT2D eigenvalue weighted by Crippen LogP contribution is 2.04. The van der Waals surface area contributed by atoms with E-state index in [9.17, 15) is 0 Å². The maximum absolute atomic E-state index is 5.39. The molecule has 3 nitrogen and oxygen atoms in total. The van der Waals surface area contributed by atoms with Gasteiger partial charge in [0.1, 0.15) is 0 Å². The summed E-state index contributed by atoms with van der Waals surface area (Å²) >= 11 is 0. The van der Waals surface area contributed by atoms with Crippen LogP contribution < -0.4 is 5.73 Å². The lowest BCUT2D eigenvalue weighted by atomic mass is 10.8. The molecule has 0 aliphatic carbocycles. The third-order valence-electron chi connectivity index (χ3n) is 0.984. The van der Waals surface area contributed by atoms with Crippen molar-refractivity contribution in [3.05, 3.63) is 0 Å². The van der Waals surface area contributed by atoms with Crippen LogP contribution in [0.3, 0.4) is 0 Å². The van der Waals surface area contributed by atoms with Crippen molar-refractivity contribution in [3.63, 3.8) is 0 Å². The number of rotatable bonds is 4. The Hall–Kier alpha value is 0.0969. The molecule has 0 spiro atoms. The summed E-state index contributed by atoms with van der Waals surface area (Å²) in [6.45, 7) is 12.3. The summed E-state index contributed by atoms with van der Waals surface area (Å²) in [5.74, 6) is 0. The molecule has 4 heteroatoms. The van der Waals surface area contributed by atoms with Crippen LogP contribution in [0.2, 0.25) is 13.1 Å². The van der Waals surface area contributed by atoms with E-state index in [0.717, 1.165) is 19.8 Å². The topological polar surface area (TPSA) is 44.5 Å². The Bertz CT molecular complexity index is 81.1. The highest BCUT2D eigenvalue weighted by atomic mass is 28.4. The van der Waals surface area contributed by atoms with E-state index in [4.69, 9.17) is 14.6 Å². The highest BCUT2D eigenvalue weighted by molar-refractivity contribution is 6.64. The molecule has 0 unspecified atom stereocenters. The zero-order valence-corrected chi connectivity index (χ0v) is 10.0. The van der Waals surface area contributed by atoms with Crippen LogP contribution in [0.15, 0.2) is 0 Å². The average Bonchev–Trinajstić information content (AvgIpc) is 1.88. The average molecular weight is 193 g/mol. The maximum Gasteiger partial charge on any atom is 0.331 e. The van der Waals surface area contributed by atoms with Gasteiger partial charge in [-0.1, -0.05) is 6.92 Å². The normalized spacial score (nSPS) is 10.5. The van der Waals surface area contributed by atoms with Gasteiger partial charge in [-0.25, -0.2) is 0 Å². The molecule has 0 radical (unpaired) electrons. The molecule has 0 aromatic carbocycles. The smallest absolute Gasteiger partial charge is 0.331 e. The second-order valence-electron chi connectivity index (χ2n) is 2.67. The summed E-state index contributed by atoms with van der Waals surface area (Å²) in [7, 11) is -1.70. The zero-order valence-electron chi connectivity index (χ0n) is 9.02. The SMILES string of the molecule is CCN.CCO[Si](C)(C)OCC. The van der Waals surface area contributed by atoms with Gasteiger partial charge < -0.3 is 14.6 Å². The summed E-state index contributed by atoms with van der Waals surface area (Å²) < 4.78 is 10.8. The molecule has 0 atom stereocenters. The maximum atomic E-state index is 5.39. The molecule has 0 heterocycles. The van der Waals surface area contributed by atoms with Gasteiger partial charge in [0.05, 0.1) is 0 Å². The Morgan fingerprint density at radius 3 is 1.42 bits per heavy atom. The Kier molecular flexibility index (Phi) is 11.2. The largest absolute Gasteiger partial charge is 0.395 e. The standard InChI is InChI=1S/C6H16O2Si.C2H7N/c1-5-7-9(3,4)8-6-2;1-2-3/h5-6H2,1-4H3;2-3H2,1H3. The molecule has 76 valence electrons. The van der Waals surface area contributed by atoms with Gasteiger partial charge in [-0.2, -0.15) is 0 Å². The van der Waals surface area contributed by atoms with E-state index in [1.807, 2.05) is 20.8 Å². The fraction of sp³-hybridized carbons (Fsp3) is 1.00. The molecule has 0 saturated heterocycles. The quantitative estimate of drug-likeness (QED) is 0.692. The van der Waals surface area contributed by atoms with E-state index in [1.54, 1.807) is 0 Å². The second kappa shape index (κ2) is 9.19. The lowest BCUT2D eigenvalue weighted by Crippen LogP contribution is -2.34. The first-order valence-electron chi connectivity index (χ1n) is 4.52. The minimum Gasteiger partial charge on any atom is -0.395 e. The van der Waals surface area contributed by atoms with Crippen molar-refractivity contribution < 1.29 is 8.85 Å². The summed E-state index contributed by atoms with van der Waals surface area (Å²) in [5.41, 5.74) is 4.85. The summed E-state index contributed by atoms with van der Waals surface area (Å²) in [6, 6.07) is 0. The molecule has 0 aromatic rings. The van der Waals surface area contributed by atoms with Crippen LogP contribution in [0.25, 0.3) is 0 Å². The molecule has 0 aromatic heterocycles. The number of hydrogen-bond acceptors (Lipinski definition) is 3. The van der Waals surface area contributed by atoms with E-state index in [1.165, 1.54) is 0 Å². The zero-order chi connectivity index (χ0) is 10.0. The summed E-state index contributed by atoms with van der Waals surface area (Å²) in [5, 5.41) is 0. The molecule has 0 aliphatic heterocycles. The van der Waals surface area contributed by atoms with Crippen molar-refractivity contribution in [2.75, 3.05) is 19.8 Å². The van der Waals surface area contributed by atoms with Crippen LogP contribution >= 0.6 is 0 Å². The van der Waals surface area contributed by atoms with Gasteiger partial charge in [0, 0.05) is 13.2 Å². The van der Waals surface area contributed by atoms with Crippen molar-refractivity contribution in [3.8, 4) is 0 Å².